The van der Waals surface area contributed by atoms with Crippen LogP contribution in [0.5, 0.6) is 0 Å². The van der Waals surface area contributed by atoms with Crippen LogP contribution in [0.25, 0.3) is 0 Å². The number of halogens is 1. The molecule has 1 heterocycles. The van der Waals surface area contributed by atoms with E-state index < -0.39 is 16.7 Å². The second-order valence-corrected chi connectivity index (χ2v) is 5.43. The highest BCUT2D eigenvalue weighted by Crippen LogP contribution is 2.03. The average Bonchev–Trinajstić information content (AvgIpc) is 2.64. The standard InChI is InChI=1S/C8H17FN2O2S/c9-4-2-6-14(12,13)11-7-8-3-1-5-10-8/h8,10-11H,1-7H2. The van der Waals surface area contributed by atoms with Crippen molar-refractivity contribution in [2.75, 3.05) is 25.5 Å². The van der Waals surface area contributed by atoms with Gasteiger partial charge in [-0.3, -0.25) is 4.39 Å². The van der Waals surface area contributed by atoms with Crippen molar-refractivity contribution in [1.82, 2.24) is 10.0 Å². The maximum atomic E-state index is 11.8. The smallest absolute Gasteiger partial charge is 0.211 e. The molecule has 14 heavy (non-hydrogen) atoms. The van der Waals surface area contributed by atoms with Gasteiger partial charge in [0.15, 0.2) is 0 Å². The second kappa shape index (κ2) is 5.63. The zero-order valence-electron chi connectivity index (χ0n) is 8.13. The van der Waals surface area contributed by atoms with Crippen LogP contribution in [0.4, 0.5) is 4.39 Å². The Morgan fingerprint density at radius 1 is 1.50 bits per heavy atom. The zero-order chi connectivity index (χ0) is 10.4. The summed E-state index contributed by atoms with van der Waals surface area (Å²) in [5.41, 5.74) is 0. The fourth-order valence-electron chi connectivity index (χ4n) is 1.48. The van der Waals surface area contributed by atoms with Crippen molar-refractivity contribution >= 4 is 10.0 Å². The first-order valence-corrected chi connectivity index (χ1v) is 6.56. The van der Waals surface area contributed by atoms with Gasteiger partial charge in [0.25, 0.3) is 0 Å². The first kappa shape index (κ1) is 11.9. The van der Waals surface area contributed by atoms with E-state index in [-0.39, 0.29) is 18.2 Å². The quantitative estimate of drug-likeness (QED) is 0.668. The maximum absolute atomic E-state index is 11.8. The fraction of sp³-hybridized carbons (Fsp3) is 1.00. The molecule has 0 amide bonds. The van der Waals surface area contributed by atoms with Crippen LogP contribution in [-0.2, 0) is 10.0 Å². The number of hydrogen-bond acceptors (Lipinski definition) is 3. The summed E-state index contributed by atoms with van der Waals surface area (Å²) in [5, 5.41) is 3.18. The molecule has 0 radical (unpaired) electrons. The molecule has 1 aliphatic heterocycles. The Morgan fingerprint density at radius 3 is 2.86 bits per heavy atom. The first-order chi connectivity index (χ1) is 6.64. The molecular weight excluding hydrogens is 207 g/mol. The highest BCUT2D eigenvalue weighted by molar-refractivity contribution is 7.89. The molecule has 1 rings (SSSR count). The third kappa shape index (κ3) is 4.34. The molecule has 1 fully saturated rings. The lowest BCUT2D eigenvalue weighted by Gasteiger charge is -2.11. The fourth-order valence-corrected chi connectivity index (χ4v) is 2.56. The summed E-state index contributed by atoms with van der Waals surface area (Å²) >= 11 is 0. The van der Waals surface area contributed by atoms with E-state index in [9.17, 15) is 12.8 Å². The SMILES string of the molecule is O=S(=O)(CCCF)NCC1CCCN1. The molecule has 1 unspecified atom stereocenters. The topological polar surface area (TPSA) is 58.2 Å². The van der Waals surface area contributed by atoms with Crippen LogP contribution in [0.2, 0.25) is 0 Å². The van der Waals surface area contributed by atoms with E-state index in [0.29, 0.717) is 6.54 Å². The van der Waals surface area contributed by atoms with Crippen molar-refractivity contribution in [1.29, 1.82) is 0 Å². The molecule has 0 aromatic rings. The molecule has 0 spiro atoms. The Bertz CT molecular complexity index is 250. The van der Waals surface area contributed by atoms with E-state index >= 15 is 0 Å². The molecule has 0 bridgehead atoms. The van der Waals surface area contributed by atoms with Crippen LogP contribution in [0.1, 0.15) is 19.3 Å². The van der Waals surface area contributed by atoms with Crippen LogP contribution < -0.4 is 10.0 Å². The number of rotatable bonds is 6. The Hall–Kier alpha value is -0.200. The van der Waals surface area contributed by atoms with Gasteiger partial charge in [-0.25, -0.2) is 13.1 Å². The van der Waals surface area contributed by atoms with E-state index in [0.717, 1.165) is 19.4 Å². The molecule has 1 saturated heterocycles. The summed E-state index contributed by atoms with van der Waals surface area (Å²) in [7, 11) is -3.26. The van der Waals surface area contributed by atoms with Gasteiger partial charge >= 0.3 is 0 Å². The third-order valence-electron chi connectivity index (χ3n) is 2.26. The van der Waals surface area contributed by atoms with Crippen molar-refractivity contribution < 1.29 is 12.8 Å². The number of sulfonamides is 1. The summed E-state index contributed by atoms with van der Waals surface area (Å²) in [6.07, 6.45) is 2.18. The van der Waals surface area contributed by atoms with Gasteiger partial charge in [0, 0.05) is 12.6 Å². The van der Waals surface area contributed by atoms with Gasteiger partial charge in [0.2, 0.25) is 10.0 Å². The van der Waals surface area contributed by atoms with Gasteiger partial charge in [0.1, 0.15) is 0 Å². The summed E-state index contributed by atoms with van der Waals surface area (Å²) in [6, 6.07) is 0.246. The lowest BCUT2D eigenvalue weighted by atomic mass is 10.2. The molecule has 84 valence electrons. The Kier molecular flexibility index (Phi) is 4.77. The van der Waals surface area contributed by atoms with E-state index in [1.807, 2.05) is 0 Å². The maximum Gasteiger partial charge on any atom is 0.211 e. The number of nitrogens with one attached hydrogen (secondary N) is 2. The van der Waals surface area contributed by atoms with Gasteiger partial charge in [-0.15, -0.1) is 0 Å². The molecule has 4 nitrogen and oxygen atoms in total. The lowest BCUT2D eigenvalue weighted by Crippen LogP contribution is -2.38. The van der Waals surface area contributed by atoms with Crippen LogP contribution in [0.15, 0.2) is 0 Å². The first-order valence-electron chi connectivity index (χ1n) is 4.91. The Balaban J connectivity index is 2.21. The Morgan fingerprint density at radius 2 is 2.29 bits per heavy atom. The minimum atomic E-state index is -3.26. The van der Waals surface area contributed by atoms with Crippen molar-refractivity contribution in [3.8, 4) is 0 Å². The largest absolute Gasteiger partial charge is 0.313 e. The second-order valence-electron chi connectivity index (χ2n) is 3.50. The monoisotopic (exact) mass is 224 g/mol. The van der Waals surface area contributed by atoms with Crippen LogP contribution >= 0.6 is 0 Å². The molecule has 1 aliphatic rings. The van der Waals surface area contributed by atoms with Gasteiger partial charge < -0.3 is 5.32 Å². The van der Waals surface area contributed by atoms with Crippen molar-refractivity contribution in [3.05, 3.63) is 0 Å². The van der Waals surface area contributed by atoms with Gasteiger partial charge in [-0.05, 0) is 25.8 Å². The number of alkyl halides is 1. The van der Waals surface area contributed by atoms with Crippen LogP contribution in [-0.4, -0.2) is 40.0 Å². The van der Waals surface area contributed by atoms with Gasteiger partial charge in [0.05, 0.1) is 12.4 Å². The van der Waals surface area contributed by atoms with Gasteiger partial charge in [-0.1, -0.05) is 0 Å². The molecule has 6 heteroatoms. The zero-order valence-corrected chi connectivity index (χ0v) is 8.95. The molecular formula is C8H17FN2O2S. The molecule has 2 N–H and O–H groups in total. The Labute approximate surface area is 84.3 Å². The predicted molar refractivity (Wildman–Crippen MR) is 53.4 cm³/mol. The van der Waals surface area contributed by atoms with Crippen LogP contribution in [0, 0.1) is 0 Å². The number of hydrogen-bond donors (Lipinski definition) is 2. The molecule has 0 aliphatic carbocycles. The lowest BCUT2D eigenvalue weighted by molar-refractivity contribution is 0.482. The van der Waals surface area contributed by atoms with E-state index in [1.54, 1.807) is 0 Å². The summed E-state index contributed by atoms with van der Waals surface area (Å²) in [5.74, 6) is -0.115. The normalized spacial score (nSPS) is 22.8. The van der Waals surface area contributed by atoms with E-state index in [2.05, 4.69) is 10.0 Å². The predicted octanol–water partition coefficient (Wildman–Crippen LogP) is 0.0174. The highest BCUT2D eigenvalue weighted by Gasteiger charge is 2.17. The van der Waals surface area contributed by atoms with Crippen molar-refractivity contribution in [2.24, 2.45) is 0 Å². The summed E-state index contributed by atoms with van der Waals surface area (Å²) < 4.78 is 36.7. The molecule has 0 aromatic heterocycles. The van der Waals surface area contributed by atoms with Crippen molar-refractivity contribution in [3.63, 3.8) is 0 Å². The molecule has 0 saturated carbocycles. The minimum absolute atomic E-state index is 0.0768. The minimum Gasteiger partial charge on any atom is -0.313 e. The summed E-state index contributed by atoms with van der Waals surface area (Å²) in [4.78, 5) is 0. The highest BCUT2D eigenvalue weighted by atomic mass is 32.2. The molecule has 1 atom stereocenters. The van der Waals surface area contributed by atoms with Crippen LogP contribution in [0.3, 0.4) is 0 Å². The van der Waals surface area contributed by atoms with E-state index in [1.165, 1.54) is 0 Å². The summed E-state index contributed by atoms with van der Waals surface area (Å²) in [6.45, 7) is 0.800. The molecule has 0 aromatic carbocycles. The third-order valence-corrected chi connectivity index (χ3v) is 3.69. The van der Waals surface area contributed by atoms with E-state index in [4.69, 9.17) is 0 Å². The average molecular weight is 224 g/mol. The van der Waals surface area contributed by atoms with Gasteiger partial charge in [-0.2, -0.15) is 0 Å². The van der Waals surface area contributed by atoms with Crippen molar-refractivity contribution in [2.45, 2.75) is 25.3 Å².